The Morgan fingerprint density at radius 3 is 2.48 bits per heavy atom. The van der Waals surface area contributed by atoms with Crippen LogP contribution < -0.4 is 5.32 Å². The van der Waals surface area contributed by atoms with Crippen LogP contribution in [0.3, 0.4) is 0 Å². The number of hydrogen-bond acceptors (Lipinski definition) is 3. The number of carbonyl (C=O) groups is 1. The van der Waals surface area contributed by atoms with E-state index in [9.17, 15) is 4.79 Å². The molecule has 0 spiro atoms. The van der Waals surface area contributed by atoms with Gasteiger partial charge in [0.25, 0.3) is 0 Å². The third-order valence-electron chi connectivity index (χ3n) is 3.45. The second kappa shape index (κ2) is 9.71. The average Bonchev–Trinajstić information content (AvgIpc) is 2.54. The minimum Gasteiger partial charge on any atom is -0.462 e. The fourth-order valence-corrected chi connectivity index (χ4v) is 2.52. The van der Waals surface area contributed by atoms with Crippen molar-refractivity contribution in [3.8, 4) is 0 Å². The van der Waals surface area contributed by atoms with Crippen molar-refractivity contribution in [1.29, 1.82) is 0 Å². The van der Waals surface area contributed by atoms with E-state index < -0.39 is 0 Å². The molecule has 2 rings (SSSR count). The zero-order chi connectivity index (χ0) is 15.9. The lowest BCUT2D eigenvalue weighted by Crippen LogP contribution is -2.21. The Balaban J connectivity index is 0.00000264. The van der Waals surface area contributed by atoms with Gasteiger partial charge in [-0.2, -0.15) is 0 Å². The first kappa shape index (κ1) is 19.7. The molecule has 0 bridgehead atoms. The summed E-state index contributed by atoms with van der Waals surface area (Å²) < 4.78 is 6.19. The molecule has 0 aliphatic rings. The summed E-state index contributed by atoms with van der Waals surface area (Å²) in [4.78, 5) is 12.0. The maximum absolute atomic E-state index is 12.0. The molecular weight excluding hydrogens is 378 g/mol. The second-order valence-corrected chi connectivity index (χ2v) is 5.95. The largest absolute Gasteiger partial charge is 0.462 e. The topological polar surface area (TPSA) is 38.3 Å². The Bertz CT molecular complexity index is 631. The van der Waals surface area contributed by atoms with Gasteiger partial charge in [-0.05, 0) is 43.2 Å². The minimum absolute atomic E-state index is 0. The molecule has 0 heterocycles. The fourth-order valence-electron chi connectivity index (χ4n) is 2.25. The van der Waals surface area contributed by atoms with Crippen molar-refractivity contribution >= 4 is 34.3 Å². The van der Waals surface area contributed by atoms with Crippen LogP contribution in [0, 0.1) is 0 Å². The van der Waals surface area contributed by atoms with Crippen molar-refractivity contribution in [2.24, 2.45) is 0 Å². The van der Waals surface area contributed by atoms with Gasteiger partial charge in [-0.1, -0.05) is 46.3 Å². The third kappa shape index (κ3) is 5.65. The lowest BCUT2D eigenvalue weighted by atomic mass is 10.0. The smallest absolute Gasteiger partial charge is 0.338 e. The van der Waals surface area contributed by atoms with Gasteiger partial charge in [0.15, 0.2) is 0 Å². The Kier molecular flexibility index (Phi) is 8.31. The van der Waals surface area contributed by atoms with Crippen molar-refractivity contribution in [3.05, 3.63) is 69.7 Å². The molecule has 3 nitrogen and oxygen atoms in total. The number of hydrogen-bond donors (Lipinski definition) is 1. The minimum atomic E-state index is -0.268. The summed E-state index contributed by atoms with van der Waals surface area (Å²) in [6.45, 7) is 4.99. The Morgan fingerprint density at radius 2 is 1.83 bits per heavy atom. The molecule has 0 amide bonds. The van der Waals surface area contributed by atoms with E-state index in [1.54, 1.807) is 0 Å². The van der Waals surface area contributed by atoms with Crippen molar-refractivity contribution in [3.63, 3.8) is 0 Å². The van der Waals surface area contributed by atoms with Crippen molar-refractivity contribution in [2.45, 2.75) is 26.4 Å². The van der Waals surface area contributed by atoms with Crippen LogP contribution in [-0.4, -0.2) is 12.6 Å². The van der Waals surface area contributed by atoms with Crippen LogP contribution in [0.2, 0.25) is 0 Å². The van der Waals surface area contributed by atoms with E-state index >= 15 is 0 Å². The van der Waals surface area contributed by atoms with E-state index in [1.165, 1.54) is 5.56 Å². The molecule has 0 saturated heterocycles. The van der Waals surface area contributed by atoms with Crippen LogP contribution in [0.4, 0.5) is 0 Å². The summed E-state index contributed by atoms with van der Waals surface area (Å²) in [5.74, 6) is -0.268. The van der Waals surface area contributed by atoms with Gasteiger partial charge in [-0.15, -0.1) is 12.4 Å². The first-order valence-corrected chi connectivity index (χ1v) is 8.15. The van der Waals surface area contributed by atoms with E-state index in [4.69, 9.17) is 4.74 Å². The first-order valence-electron chi connectivity index (χ1n) is 7.35. The highest BCUT2D eigenvalue weighted by Gasteiger charge is 2.16. The van der Waals surface area contributed by atoms with Crippen molar-refractivity contribution < 1.29 is 9.53 Å². The first-order chi connectivity index (χ1) is 10.6. The van der Waals surface area contributed by atoms with E-state index in [2.05, 4.69) is 40.3 Å². The highest BCUT2D eigenvalue weighted by Crippen LogP contribution is 2.19. The highest BCUT2D eigenvalue weighted by atomic mass is 79.9. The van der Waals surface area contributed by atoms with E-state index in [-0.39, 0.29) is 24.4 Å². The van der Waals surface area contributed by atoms with Gasteiger partial charge in [0.2, 0.25) is 0 Å². The number of esters is 1. The highest BCUT2D eigenvalue weighted by molar-refractivity contribution is 9.10. The Labute approximate surface area is 152 Å². The lowest BCUT2D eigenvalue weighted by Gasteiger charge is -2.17. The van der Waals surface area contributed by atoms with Crippen LogP contribution in [0.1, 0.15) is 41.4 Å². The molecular formula is C18H21BrClNO2. The summed E-state index contributed by atoms with van der Waals surface area (Å²) in [6.07, 6.45) is 0. The van der Waals surface area contributed by atoms with Gasteiger partial charge in [0, 0.05) is 17.1 Å². The normalized spacial score (nSPS) is 11.4. The Hall–Kier alpha value is -1.36. The standard InChI is InChI=1S/C18H20BrNO2.ClH/c1-3-22-18(21)17-7-5-4-6-16(17)13(2)20-12-14-8-10-15(19)11-9-14;/h4-11,13,20H,3,12H2,1-2H3;1H. The zero-order valence-corrected chi connectivity index (χ0v) is 15.6. The fraction of sp³-hybridized carbons (Fsp3) is 0.278. The molecule has 0 aliphatic heterocycles. The number of benzene rings is 2. The van der Waals surface area contributed by atoms with Crippen LogP contribution >= 0.6 is 28.3 Å². The quantitative estimate of drug-likeness (QED) is 0.703. The molecule has 5 heteroatoms. The molecule has 0 fully saturated rings. The number of ether oxygens (including phenoxy) is 1. The summed E-state index contributed by atoms with van der Waals surface area (Å²) in [5.41, 5.74) is 2.78. The van der Waals surface area contributed by atoms with Crippen molar-refractivity contribution in [2.75, 3.05) is 6.61 Å². The molecule has 23 heavy (non-hydrogen) atoms. The predicted octanol–water partition coefficient (Wildman–Crippen LogP) is 4.90. The molecule has 0 aromatic heterocycles. The predicted molar refractivity (Wildman–Crippen MR) is 99.0 cm³/mol. The summed E-state index contributed by atoms with van der Waals surface area (Å²) >= 11 is 3.43. The van der Waals surface area contributed by atoms with Gasteiger partial charge in [0.1, 0.15) is 0 Å². The van der Waals surface area contributed by atoms with Crippen LogP contribution in [0.15, 0.2) is 53.0 Å². The van der Waals surface area contributed by atoms with E-state index in [0.29, 0.717) is 12.2 Å². The molecule has 124 valence electrons. The number of carbonyl (C=O) groups excluding carboxylic acids is 1. The van der Waals surface area contributed by atoms with E-state index in [0.717, 1.165) is 16.6 Å². The van der Waals surface area contributed by atoms with Gasteiger partial charge < -0.3 is 10.1 Å². The lowest BCUT2D eigenvalue weighted by molar-refractivity contribution is 0.0524. The second-order valence-electron chi connectivity index (χ2n) is 5.04. The molecule has 2 aromatic carbocycles. The van der Waals surface area contributed by atoms with E-state index in [1.807, 2.05) is 43.3 Å². The molecule has 0 aliphatic carbocycles. The monoisotopic (exact) mass is 397 g/mol. The third-order valence-corrected chi connectivity index (χ3v) is 3.98. The zero-order valence-electron chi connectivity index (χ0n) is 13.2. The van der Waals surface area contributed by atoms with Crippen molar-refractivity contribution in [1.82, 2.24) is 5.32 Å². The summed E-state index contributed by atoms with van der Waals surface area (Å²) in [7, 11) is 0. The molecule has 0 radical (unpaired) electrons. The number of halogens is 2. The SMILES string of the molecule is CCOC(=O)c1ccccc1C(C)NCc1ccc(Br)cc1.Cl. The summed E-state index contributed by atoms with van der Waals surface area (Å²) in [6, 6.07) is 15.8. The maximum Gasteiger partial charge on any atom is 0.338 e. The van der Waals surface area contributed by atoms with Crippen LogP contribution in [-0.2, 0) is 11.3 Å². The molecule has 1 N–H and O–H groups in total. The molecule has 2 aromatic rings. The van der Waals surface area contributed by atoms with Crippen LogP contribution in [0.25, 0.3) is 0 Å². The average molecular weight is 399 g/mol. The summed E-state index contributed by atoms with van der Waals surface area (Å²) in [5, 5.41) is 3.45. The molecule has 0 saturated carbocycles. The molecule has 1 unspecified atom stereocenters. The molecule has 1 atom stereocenters. The van der Waals surface area contributed by atoms with Gasteiger partial charge in [-0.25, -0.2) is 4.79 Å². The number of nitrogens with one attached hydrogen (secondary N) is 1. The van der Waals surface area contributed by atoms with Gasteiger partial charge in [0.05, 0.1) is 12.2 Å². The van der Waals surface area contributed by atoms with Gasteiger partial charge >= 0.3 is 5.97 Å². The Morgan fingerprint density at radius 1 is 1.17 bits per heavy atom. The number of rotatable bonds is 6. The maximum atomic E-state index is 12.0. The van der Waals surface area contributed by atoms with Crippen LogP contribution in [0.5, 0.6) is 0 Å². The van der Waals surface area contributed by atoms with Gasteiger partial charge in [-0.3, -0.25) is 0 Å².